The lowest BCUT2D eigenvalue weighted by molar-refractivity contribution is 0.171. The number of hydrogen-bond acceptors (Lipinski definition) is 2. The van der Waals surface area contributed by atoms with E-state index >= 15 is 0 Å². The van der Waals surface area contributed by atoms with Gasteiger partial charge in [-0.1, -0.05) is 42.5 Å². The van der Waals surface area contributed by atoms with Crippen molar-refractivity contribution in [1.29, 1.82) is 0 Å². The molecule has 3 nitrogen and oxygen atoms in total. The predicted molar refractivity (Wildman–Crippen MR) is 102 cm³/mol. The molecule has 1 atom stereocenters. The number of aromatic amines is 1. The summed E-state index contributed by atoms with van der Waals surface area (Å²) in [7, 11) is 0. The quantitative estimate of drug-likeness (QED) is 0.691. The second-order valence-corrected chi connectivity index (χ2v) is 7.17. The van der Waals surface area contributed by atoms with E-state index in [1.807, 2.05) is 0 Å². The van der Waals surface area contributed by atoms with Crippen molar-refractivity contribution in [2.24, 2.45) is 0 Å². The van der Waals surface area contributed by atoms with E-state index in [9.17, 15) is 0 Å². The molecule has 4 rings (SSSR count). The Kier molecular flexibility index (Phi) is 4.25. The molecule has 0 bridgehead atoms. The Morgan fingerprint density at radius 1 is 1.12 bits per heavy atom. The number of rotatable bonds is 3. The number of H-pyrrole nitrogens is 1. The van der Waals surface area contributed by atoms with Crippen molar-refractivity contribution >= 4 is 23.3 Å². The fourth-order valence-electron chi connectivity index (χ4n) is 3.93. The molecule has 2 heterocycles. The van der Waals surface area contributed by atoms with Crippen LogP contribution in [0.15, 0.2) is 48.5 Å². The number of aryl methyl sites for hydroxylation is 1. The molecule has 0 saturated carbocycles. The number of fused-ring (bicyclic) bond motifs is 1. The van der Waals surface area contributed by atoms with Crippen LogP contribution in [0.3, 0.4) is 0 Å². The first kappa shape index (κ1) is 15.6. The van der Waals surface area contributed by atoms with Crippen molar-refractivity contribution in [3.8, 4) is 0 Å². The van der Waals surface area contributed by atoms with E-state index in [1.54, 1.807) is 0 Å². The largest absolute Gasteiger partial charge is 0.331 e. The lowest BCUT2D eigenvalue weighted by Gasteiger charge is -2.34. The second kappa shape index (κ2) is 6.54. The van der Waals surface area contributed by atoms with Crippen LogP contribution in [0, 0.1) is 11.7 Å². The number of nitrogens with one attached hydrogen (secondary N) is 1. The molecule has 2 aromatic carbocycles. The van der Waals surface area contributed by atoms with Crippen LogP contribution in [0.4, 0.5) is 0 Å². The maximum Gasteiger partial charge on any atom is 0.178 e. The van der Waals surface area contributed by atoms with Gasteiger partial charge in [-0.3, -0.25) is 4.90 Å². The Morgan fingerprint density at radius 2 is 1.96 bits per heavy atom. The van der Waals surface area contributed by atoms with Crippen molar-refractivity contribution in [1.82, 2.24) is 14.5 Å². The van der Waals surface area contributed by atoms with Crippen LogP contribution >= 0.6 is 12.2 Å². The van der Waals surface area contributed by atoms with Crippen LogP contribution in [0.5, 0.6) is 0 Å². The molecule has 0 radical (unpaired) electrons. The Hall–Kier alpha value is -1.91. The van der Waals surface area contributed by atoms with Crippen molar-refractivity contribution in [3.05, 3.63) is 64.4 Å². The highest BCUT2D eigenvalue weighted by atomic mass is 32.1. The van der Waals surface area contributed by atoms with Gasteiger partial charge in [-0.25, -0.2) is 0 Å². The minimum atomic E-state index is 0.449. The summed E-state index contributed by atoms with van der Waals surface area (Å²) in [5.41, 5.74) is 5.10. The summed E-state index contributed by atoms with van der Waals surface area (Å²) in [6.45, 7) is 5.42. The molecule has 4 heteroatoms. The molecular weight excluding hydrogens is 314 g/mol. The number of benzene rings is 2. The average molecular weight is 337 g/mol. The number of likely N-dealkylation sites (tertiary alicyclic amines) is 1. The molecule has 1 aromatic heterocycles. The third-order valence-electron chi connectivity index (χ3n) is 5.03. The summed E-state index contributed by atoms with van der Waals surface area (Å²) in [5.74, 6) is 0. The molecule has 3 aromatic rings. The lowest BCUT2D eigenvalue weighted by Crippen LogP contribution is -2.36. The number of piperidine rings is 1. The molecule has 1 unspecified atom stereocenters. The van der Waals surface area contributed by atoms with E-state index < -0.39 is 0 Å². The van der Waals surface area contributed by atoms with Gasteiger partial charge in [-0.05, 0) is 55.7 Å². The van der Waals surface area contributed by atoms with E-state index in [0.717, 1.165) is 23.4 Å². The molecule has 124 valence electrons. The topological polar surface area (TPSA) is 24.0 Å². The fraction of sp³-hybridized carbons (Fsp3) is 0.350. The van der Waals surface area contributed by atoms with Gasteiger partial charge in [0.05, 0.1) is 11.0 Å². The van der Waals surface area contributed by atoms with Gasteiger partial charge in [-0.2, -0.15) is 0 Å². The van der Waals surface area contributed by atoms with Gasteiger partial charge >= 0.3 is 0 Å². The SMILES string of the molecule is Cc1cccc2[nH]c(=S)n(C3CCCN(Cc4ccccc4)C3)c12. The molecule has 1 N–H and O–H groups in total. The summed E-state index contributed by atoms with van der Waals surface area (Å²) in [6.07, 6.45) is 2.42. The molecule has 0 amide bonds. The lowest BCUT2D eigenvalue weighted by atomic mass is 10.0. The average Bonchev–Trinajstić information content (AvgIpc) is 2.93. The number of hydrogen-bond donors (Lipinski definition) is 1. The Morgan fingerprint density at radius 3 is 2.79 bits per heavy atom. The molecule has 1 aliphatic heterocycles. The molecular formula is C20H23N3S. The van der Waals surface area contributed by atoms with Crippen LogP contribution in [0.25, 0.3) is 11.0 Å². The van der Waals surface area contributed by atoms with Crippen molar-refractivity contribution < 1.29 is 0 Å². The van der Waals surface area contributed by atoms with E-state index in [-0.39, 0.29) is 0 Å². The zero-order valence-corrected chi connectivity index (χ0v) is 14.9. The van der Waals surface area contributed by atoms with Crippen molar-refractivity contribution in [2.45, 2.75) is 32.4 Å². The van der Waals surface area contributed by atoms with E-state index in [2.05, 4.69) is 69.9 Å². The van der Waals surface area contributed by atoms with E-state index in [4.69, 9.17) is 12.2 Å². The summed E-state index contributed by atoms with van der Waals surface area (Å²) in [5, 5.41) is 0. The zero-order valence-electron chi connectivity index (χ0n) is 14.0. The summed E-state index contributed by atoms with van der Waals surface area (Å²) < 4.78 is 3.21. The Bertz CT molecular complexity index is 894. The predicted octanol–water partition coefficient (Wildman–Crippen LogP) is 4.84. The third kappa shape index (κ3) is 2.92. The molecule has 1 fully saturated rings. The van der Waals surface area contributed by atoms with Crippen molar-refractivity contribution in [3.63, 3.8) is 0 Å². The molecule has 24 heavy (non-hydrogen) atoms. The van der Waals surface area contributed by atoms with Gasteiger partial charge in [-0.15, -0.1) is 0 Å². The normalized spacial score (nSPS) is 19.0. The first-order valence-corrected chi connectivity index (χ1v) is 9.09. The molecule has 0 aliphatic carbocycles. The number of imidazole rings is 1. The summed E-state index contributed by atoms with van der Waals surface area (Å²) in [4.78, 5) is 5.95. The first-order valence-electron chi connectivity index (χ1n) is 8.68. The molecule has 0 spiro atoms. The van der Waals surface area contributed by atoms with Crippen LogP contribution < -0.4 is 0 Å². The smallest absolute Gasteiger partial charge is 0.178 e. The monoisotopic (exact) mass is 337 g/mol. The minimum Gasteiger partial charge on any atom is -0.331 e. The van der Waals surface area contributed by atoms with Gasteiger partial charge in [0.1, 0.15) is 0 Å². The van der Waals surface area contributed by atoms with Gasteiger partial charge in [0, 0.05) is 19.1 Å². The van der Waals surface area contributed by atoms with Crippen LogP contribution in [0.1, 0.15) is 30.0 Å². The number of nitrogens with zero attached hydrogens (tertiary/aromatic N) is 2. The van der Waals surface area contributed by atoms with Crippen LogP contribution in [0.2, 0.25) is 0 Å². The minimum absolute atomic E-state index is 0.449. The number of para-hydroxylation sites is 1. The maximum atomic E-state index is 5.65. The van der Waals surface area contributed by atoms with E-state index in [1.165, 1.54) is 36.0 Å². The van der Waals surface area contributed by atoms with Gasteiger partial charge < -0.3 is 9.55 Å². The highest BCUT2D eigenvalue weighted by Crippen LogP contribution is 2.29. The Labute approximate surface area is 147 Å². The highest BCUT2D eigenvalue weighted by Gasteiger charge is 2.23. The summed E-state index contributed by atoms with van der Waals surface area (Å²) in [6, 6.07) is 17.6. The van der Waals surface area contributed by atoms with Gasteiger partial charge in [0.2, 0.25) is 0 Å². The van der Waals surface area contributed by atoms with Gasteiger partial charge in [0.15, 0.2) is 4.77 Å². The third-order valence-corrected chi connectivity index (χ3v) is 5.33. The highest BCUT2D eigenvalue weighted by molar-refractivity contribution is 7.71. The standard InChI is InChI=1S/C20H23N3S/c1-15-7-5-11-18-19(15)23(20(24)21-18)17-10-6-12-22(14-17)13-16-8-3-2-4-9-16/h2-5,7-9,11,17H,6,10,12-14H2,1H3,(H,21,24). The van der Waals surface area contributed by atoms with Crippen molar-refractivity contribution in [2.75, 3.05) is 13.1 Å². The van der Waals surface area contributed by atoms with Crippen LogP contribution in [-0.4, -0.2) is 27.5 Å². The fourth-order valence-corrected chi connectivity index (χ4v) is 4.28. The zero-order chi connectivity index (χ0) is 16.5. The Balaban J connectivity index is 1.63. The second-order valence-electron chi connectivity index (χ2n) is 6.79. The maximum absolute atomic E-state index is 5.65. The molecule has 1 saturated heterocycles. The molecule has 1 aliphatic rings. The number of aromatic nitrogens is 2. The summed E-state index contributed by atoms with van der Waals surface area (Å²) >= 11 is 5.65. The van der Waals surface area contributed by atoms with Gasteiger partial charge in [0.25, 0.3) is 0 Å². The first-order chi connectivity index (χ1) is 11.7. The van der Waals surface area contributed by atoms with Crippen LogP contribution in [-0.2, 0) is 6.54 Å². The van der Waals surface area contributed by atoms with E-state index in [0.29, 0.717) is 6.04 Å².